The Balaban J connectivity index is 1.50. The molecule has 0 aliphatic carbocycles. The number of amides is 1. The average Bonchev–Trinajstić information content (AvgIpc) is 2.96. The number of aryl methyl sites for hydroxylation is 1. The summed E-state index contributed by atoms with van der Waals surface area (Å²) in [5, 5.41) is 2.85. The number of benzene rings is 2. The van der Waals surface area contributed by atoms with Gasteiger partial charge >= 0.3 is 0 Å². The van der Waals surface area contributed by atoms with Gasteiger partial charge in [0.1, 0.15) is 5.82 Å². The largest absolute Gasteiger partial charge is 0.493 e. The molecule has 0 atom stereocenters. The first kappa shape index (κ1) is 16.8. The van der Waals surface area contributed by atoms with E-state index in [1.807, 2.05) is 48.0 Å². The molecule has 0 aliphatic heterocycles. The van der Waals surface area contributed by atoms with Gasteiger partial charge in [0, 0.05) is 20.0 Å². The number of para-hydroxylation sites is 4. The van der Waals surface area contributed by atoms with E-state index in [9.17, 15) is 4.79 Å². The number of aromatic nitrogens is 2. The molecule has 0 saturated heterocycles. The number of methoxy groups -OCH3 is 1. The second-order valence-corrected chi connectivity index (χ2v) is 5.62. The Morgan fingerprint density at radius 1 is 1.12 bits per heavy atom. The highest BCUT2D eigenvalue weighted by Crippen LogP contribution is 2.25. The maximum atomic E-state index is 12.0. The van der Waals surface area contributed by atoms with Crippen molar-refractivity contribution in [2.24, 2.45) is 7.05 Å². The van der Waals surface area contributed by atoms with Gasteiger partial charge in [0.05, 0.1) is 18.1 Å². The first-order chi connectivity index (χ1) is 12.2. The molecule has 0 radical (unpaired) electrons. The molecule has 1 N–H and O–H groups in total. The summed E-state index contributed by atoms with van der Waals surface area (Å²) >= 11 is 0. The zero-order chi connectivity index (χ0) is 17.6. The second kappa shape index (κ2) is 7.70. The number of imidazole rings is 1. The van der Waals surface area contributed by atoms with Crippen molar-refractivity contribution >= 4 is 16.9 Å². The lowest BCUT2D eigenvalue weighted by Crippen LogP contribution is -2.31. The Kier molecular flexibility index (Phi) is 5.18. The molecule has 1 aromatic heterocycles. The molecule has 2 aromatic carbocycles. The average molecular weight is 339 g/mol. The molecule has 6 heteroatoms. The zero-order valence-electron chi connectivity index (χ0n) is 14.4. The van der Waals surface area contributed by atoms with Gasteiger partial charge in [0.25, 0.3) is 5.91 Å². The van der Waals surface area contributed by atoms with Gasteiger partial charge in [-0.2, -0.15) is 0 Å². The minimum atomic E-state index is -0.176. The SMILES string of the molecule is COc1ccccc1OCC(=O)NCCc1nc2ccccc2n1C. The number of hydrogen-bond donors (Lipinski definition) is 1. The number of carbonyl (C=O) groups excluding carboxylic acids is 1. The van der Waals surface area contributed by atoms with Gasteiger partial charge < -0.3 is 19.4 Å². The van der Waals surface area contributed by atoms with Crippen LogP contribution in [0, 0.1) is 0 Å². The van der Waals surface area contributed by atoms with Gasteiger partial charge in [-0.05, 0) is 24.3 Å². The molecular weight excluding hydrogens is 318 g/mol. The predicted molar refractivity (Wildman–Crippen MR) is 95.9 cm³/mol. The van der Waals surface area contributed by atoms with Crippen molar-refractivity contribution in [3.05, 3.63) is 54.4 Å². The molecular formula is C19H21N3O3. The number of ether oxygens (including phenoxy) is 2. The van der Waals surface area contributed by atoms with Crippen LogP contribution in [0.5, 0.6) is 11.5 Å². The van der Waals surface area contributed by atoms with Gasteiger partial charge in [-0.15, -0.1) is 0 Å². The van der Waals surface area contributed by atoms with Crippen LogP contribution in [0.4, 0.5) is 0 Å². The molecule has 25 heavy (non-hydrogen) atoms. The van der Waals surface area contributed by atoms with E-state index >= 15 is 0 Å². The Hall–Kier alpha value is -3.02. The van der Waals surface area contributed by atoms with Crippen molar-refractivity contribution in [1.82, 2.24) is 14.9 Å². The van der Waals surface area contributed by atoms with E-state index < -0.39 is 0 Å². The third-order valence-electron chi connectivity index (χ3n) is 3.98. The first-order valence-corrected chi connectivity index (χ1v) is 8.12. The van der Waals surface area contributed by atoms with Crippen LogP contribution in [0.2, 0.25) is 0 Å². The zero-order valence-corrected chi connectivity index (χ0v) is 14.4. The van der Waals surface area contributed by atoms with E-state index in [0.29, 0.717) is 24.5 Å². The monoisotopic (exact) mass is 339 g/mol. The number of rotatable bonds is 7. The van der Waals surface area contributed by atoms with Crippen LogP contribution in [0.1, 0.15) is 5.82 Å². The van der Waals surface area contributed by atoms with Crippen molar-refractivity contribution in [3.8, 4) is 11.5 Å². The quantitative estimate of drug-likeness (QED) is 0.717. The van der Waals surface area contributed by atoms with Crippen LogP contribution in [0.3, 0.4) is 0 Å². The lowest BCUT2D eigenvalue weighted by molar-refractivity contribution is -0.123. The molecule has 3 rings (SSSR count). The van der Waals surface area contributed by atoms with Gasteiger partial charge in [-0.3, -0.25) is 4.79 Å². The molecule has 0 spiro atoms. The minimum absolute atomic E-state index is 0.0527. The van der Waals surface area contributed by atoms with Crippen LogP contribution in [-0.2, 0) is 18.3 Å². The first-order valence-electron chi connectivity index (χ1n) is 8.12. The fourth-order valence-corrected chi connectivity index (χ4v) is 2.67. The molecule has 0 bridgehead atoms. The van der Waals surface area contributed by atoms with E-state index in [4.69, 9.17) is 9.47 Å². The molecule has 130 valence electrons. The molecule has 1 heterocycles. The van der Waals surface area contributed by atoms with E-state index in [2.05, 4.69) is 10.3 Å². The number of nitrogens with zero attached hydrogens (tertiary/aromatic N) is 2. The summed E-state index contributed by atoms with van der Waals surface area (Å²) in [7, 11) is 3.55. The Bertz CT molecular complexity index is 873. The maximum Gasteiger partial charge on any atom is 0.257 e. The van der Waals surface area contributed by atoms with Crippen molar-refractivity contribution in [2.75, 3.05) is 20.3 Å². The molecule has 0 saturated carbocycles. The Morgan fingerprint density at radius 2 is 1.84 bits per heavy atom. The van der Waals surface area contributed by atoms with E-state index in [0.717, 1.165) is 16.9 Å². The molecule has 6 nitrogen and oxygen atoms in total. The molecule has 0 fully saturated rings. The van der Waals surface area contributed by atoms with Crippen LogP contribution in [0.15, 0.2) is 48.5 Å². The summed E-state index contributed by atoms with van der Waals surface area (Å²) in [5.41, 5.74) is 2.05. The lowest BCUT2D eigenvalue weighted by Gasteiger charge is -2.10. The summed E-state index contributed by atoms with van der Waals surface area (Å²) in [4.78, 5) is 16.5. The van der Waals surface area contributed by atoms with Crippen LogP contribution >= 0.6 is 0 Å². The summed E-state index contributed by atoms with van der Waals surface area (Å²) < 4.78 is 12.7. The summed E-state index contributed by atoms with van der Waals surface area (Å²) in [6, 6.07) is 15.2. The van der Waals surface area contributed by atoms with Gasteiger partial charge in [-0.25, -0.2) is 4.98 Å². The fourth-order valence-electron chi connectivity index (χ4n) is 2.67. The number of hydrogen-bond acceptors (Lipinski definition) is 4. The normalized spacial score (nSPS) is 10.6. The number of carbonyl (C=O) groups is 1. The fraction of sp³-hybridized carbons (Fsp3) is 0.263. The maximum absolute atomic E-state index is 12.0. The Morgan fingerprint density at radius 3 is 2.60 bits per heavy atom. The van der Waals surface area contributed by atoms with E-state index in [1.165, 1.54) is 0 Å². The van der Waals surface area contributed by atoms with Crippen molar-refractivity contribution in [2.45, 2.75) is 6.42 Å². The second-order valence-electron chi connectivity index (χ2n) is 5.62. The van der Waals surface area contributed by atoms with Crippen LogP contribution in [0.25, 0.3) is 11.0 Å². The standard InChI is InChI=1S/C19H21N3O3/c1-22-15-8-4-3-7-14(15)21-18(22)11-12-20-19(23)13-25-17-10-6-5-9-16(17)24-2/h3-10H,11-13H2,1-2H3,(H,20,23). The molecule has 0 aliphatic rings. The van der Waals surface area contributed by atoms with E-state index in [1.54, 1.807) is 19.2 Å². The van der Waals surface area contributed by atoms with Gasteiger partial charge in [-0.1, -0.05) is 24.3 Å². The number of nitrogens with one attached hydrogen (secondary N) is 1. The highest BCUT2D eigenvalue weighted by atomic mass is 16.5. The highest BCUT2D eigenvalue weighted by molar-refractivity contribution is 5.78. The number of fused-ring (bicyclic) bond motifs is 1. The Labute approximate surface area is 146 Å². The molecule has 0 unspecified atom stereocenters. The molecule has 1 amide bonds. The summed E-state index contributed by atoms with van der Waals surface area (Å²) in [6.07, 6.45) is 0.658. The predicted octanol–water partition coefficient (Wildman–Crippen LogP) is 2.32. The van der Waals surface area contributed by atoms with E-state index in [-0.39, 0.29) is 12.5 Å². The van der Waals surface area contributed by atoms with Gasteiger partial charge in [0.2, 0.25) is 0 Å². The van der Waals surface area contributed by atoms with Crippen LogP contribution < -0.4 is 14.8 Å². The topological polar surface area (TPSA) is 65.4 Å². The lowest BCUT2D eigenvalue weighted by atomic mass is 10.3. The van der Waals surface area contributed by atoms with Crippen molar-refractivity contribution in [3.63, 3.8) is 0 Å². The summed E-state index contributed by atoms with van der Waals surface area (Å²) in [5.74, 6) is 1.92. The van der Waals surface area contributed by atoms with Gasteiger partial charge in [0.15, 0.2) is 18.1 Å². The third-order valence-corrected chi connectivity index (χ3v) is 3.98. The molecule has 3 aromatic rings. The van der Waals surface area contributed by atoms with Crippen molar-refractivity contribution < 1.29 is 14.3 Å². The van der Waals surface area contributed by atoms with Crippen molar-refractivity contribution in [1.29, 1.82) is 0 Å². The third kappa shape index (κ3) is 3.91. The summed E-state index contributed by atoms with van der Waals surface area (Å²) in [6.45, 7) is 0.453. The highest BCUT2D eigenvalue weighted by Gasteiger charge is 2.09. The van der Waals surface area contributed by atoms with Crippen LogP contribution in [-0.4, -0.2) is 35.7 Å². The smallest absolute Gasteiger partial charge is 0.257 e. The minimum Gasteiger partial charge on any atom is -0.493 e.